The van der Waals surface area contributed by atoms with Gasteiger partial charge in [-0.15, -0.1) is 0 Å². The minimum atomic E-state index is 0.198. The van der Waals surface area contributed by atoms with E-state index in [-0.39, 0.29) is 12.5 Å². The Bertz CT molecular complexity index is 528. The Morgan fingerprint density at radius 1 is 1.26 bits per heavy atom. The van der Waals surface area contributed by atoms with Crippen molar-refractivity contribution in [2.24, 2.45) is 5.92 Å². The number of ether oxygens (including phenoxy) is 3. The van der Waals surface area contributed by atoms with Crippen LogP contribution in [0.5, 0.6) is 17.2 Å². The smallest absolute Gasteiger partial charge is 0.203 e. The summed E-state index contributed by atoms with van der Waals surface area (Å²) >= 11 is 5.50. The van der Waals surface area contributed by atoms with Gasteiger partial charge in [-0.3, -0.25) is 0 Å². The van der Waals surface area contributed by atoms with Crippen LogP contribution in [-0.2, 0) is 0 Å². The van der Waals surface area contributed by atoms with Crippen molar-refractivity contribution in [2.75, 3.05) is 46.3 Å². The molecule has 0 aliphatic carbocycles. The van der Waals surface area contributed by atoms with Crippen LogP contribution >= 0.6 is 12.2 Å². The van der Waals surface area contributed by atoms with Crippen LogP contribution in [0.1, 0.15) is 12.8 Å². The summed E-state index contributed by atoms with van der Waals surface area (Å²) < 4.78 is 16.0. The third kappa shape index (κ3) is 4.17. The maximum absolute atomic E-state index is 9.34. The minimum absolute atomic E-state index is 0.198. The van der Waals surface area contributed by atoms with Gasteiger partial charge in [-0.1, -0.05) is 0 Å². The van der Waals surface area contributed by atoms with Gasteiger partial charge in [0.2, 0.25) is 5.75 Å². The van der Waals surface area contributed by atoms with Crippen molar-refractivity contribution in [2.45, 2.75) is 12.8 Å². The number of anilines is 1. The fourth-order valence-corrected chi connectivity index (χ4v) is 3.04. The molecule has 1 unspecified atom stereocenters. The van der Waals surface area contributed by atoms with Crippen molar-refractivity contribution in [3.63, 3.8) is 0 Å². The van der Waals surface area contributed by atoms with Crippen molar-refractivity contribution in [1.82, 2.24) is 4.90 Å². The van der Waals surface area contributed by atoms with E-state index in [1.54, 1.807) is 21.3 Å². The second-order valence-electron chi connectivity index (χ2n) is 5.48. The fourth-order valence-electron chi connectivity index (χ4n) is 2.75. The molecule has 1 aliphatic rings. The predicted molar refractivity (Wildman–Crippen MR) is 93.7 cm³/mol. The number of nitrogens with zero attached hydrogens (tertiary/aromatic N) is 1. The molecule has 0 bridgehead atoms. The molecule has 1 aliphatic heterocycles. The van der Waals surface area contributed by atoms with Crippen molar-refractivity contribution >= 4 is 23.0 Å². The van der Waals surface area contributed by atoms with E-state index in [0.717, 1.165) is 31.6 Å². The predicted octanol–water partition coefficient (Wildman–Crippen LogP) is 2.11. The molecule has 23 heavy (non-hydrogen) atoms. The summed E-state index contributed by atoms with van der Waals surface area (Å²) in [4.78, 5) is 2.09. The standard InChI is InChI=1S/C16H24N2O4S/c1-20-13-7-12(8-14(21-2)15(13)22-3)17-16(23)18-6-4-5-11(9-18)10-19/h7-8,11,19H,4-6,9-10H2,1-3H3,(H,17,23). The Morgan fingerprint density at radius 2 is 1.91 bits per heavy atom. The highest BCUT2D eigenvalue weighted by Gasteiger charge is 2.22. The number of likely N-dealkylation sites (tertiary alicyclic amines) is 1. The quantitative estimate of drug-likeness (QED) is 0.796. The van der Waals surface area contributed by atoms with Gasteiger partial charge in [0.05, 0.1) is 21.3 Å². The maximum Gasteiger partial charge on any atom is 0.203 e. The van der Waals surface area contributed by atoms with E-state index >= 15 is 0 Å². The number of rotatable bonds is 5. The fraction of sp³-hybridized carbons (Fsp3) is 0.562. The van der Waals surface area contributed by atoms with Crippen LogP contribution in [0.25, 0.3) is 0 Å². The van der Waals surface area contributed by atoms with Crippen molar-refractivity contribution in [3.05, 3.63) is 12.1 Å². The molecule has 1 atom stereocenters. The molecule has 2 rings (SSSR count). The largest absolute Gasteiger partial charge is 0.493 e. The maximum atomic E-state index is 9.34. The number of thiocarbonyl (C=S) groups is 1. The highest BCUT2D eigenvalue weighted by atomic mass is 32.1. The molecule has 0 saturated carbocycles. The van der Waals surface area contributed by atoms with Crippen molar-refractivity contribution in [3.8, 4) is 17.2 Å². The molecule has 1 fully saturated rings. The van der Waals surface area contributed by atoms with Gasteiger partial charge in [0.1, 0.15) is 0 Å². The average molecular weight is 340 g/mol. The highest BCUT2D eigenvalue weighted by molar-refractivity contribution is 7.80. The molecular weight excluding hydrogens is 316 g/mol. The monoisotopic (exact) mass is 340 g/mol. The summed E-state index contributed by atoms with van der Waals surface area (Å²) in [6.07, 6.45) is 2.07. The van der Waals surface area contributed by atoms with Gasteiger partial charge >= 0.3 is 0 Å². The lowest BCUT2D eigenvalue weighted by atomic mass is 9.99. The van der Waals surface area contributed by atoms with Crippen molar-refractivity contribution < 1.29 is 19.3 Å². The zero-order valence-corrected chi connectivity index (χ0v) is 14.6. The Labute approximate surface area is 142 Å². The van der Waals surface area contributed by atoms with Gasteiger partial charge in [0, 0.05) is 37.5 Å². The Morgan fingerprint density at radius 3 is 2.43 bits per heavy atom. The molecular formula is C16H24N2O4S. The third-order valence-corrected chi connectivity index (χ3v) is 4.34. The van der Waals surface area contributed by atoms with Gasteiger partial charge in [-0.25, -0.2) is 0 Å². The molecule has 128 valence electrons. The lowest BCUT2D eigenvalue weighted by Gasteiger charge is -2.33. The normalized spacial score (nSPS) is 17.6. The van der Waals surface area contributed by atoms with E-state index in [9.17, 15) is 5.11 Å². The van der Waals surface area contributed by atoms with Crippen LogP contribution in [0.3, 0.4) is 0 Å². The average Bonchev–Trinajstić information content (AvgIpc) is 2.60. The lowest BCUT2D eigenvalue weighted by Crippen LogP contribution is -2.43. The van der Waals surface area contributed by atoms with Crippen molar-refractivity contribution in [1.29, 1.82) is 0 Å². The zero-order valence-electron chi connectivity index (χ0n) is 13.8. The van der Waals surface area contributed by atoms with Crippen LogP contribution in [0.4, 0.5) is 5.69 Å². The second kappa shape index (κ2) is 8.21. The van der Waals surface area contributed by atoms with Gasteiger partial charge in [0.15, 0.2) is 16.6 Å². The van der Waals surface area contributed by atoms with Gasteiger partial charge in [0.25, 0.3) is 0 Å². The number of aliphatic hydroxyl groups excluding tert-OH is 1. The van der Waals surface area contributed by atoms with E-state index in [0.29, 0.717) is 22.4 Å². The first-order valence-electron chi connectivity index (χ1n) is 7.59. The molecule has 7 heteroatoms. The summed E-state index contributed by atoms with van der Waals surface area (Å²) in [5.41, 5.74) is 0.774. The molecule has 0 spiro atoms. The number of benzene rings is 1. The molecule has 6 nitrogen and oxygen atoms in total. The SMILES string of the molecule is COc1cc(NC(=S)N2CCCC(CO)C2)cc(OC)c1OC. The Balaban J connectivity index is 2.14. The summed E-state index contributed by atoms with van der Waals surface area (Å²) in [6, 6.07) is 3.64. The number of hydrogen-bond acceptors (Lipinski definition) is 5. The molecule has 0 amide bonds. The summed E-state index contributed by atoms with van der Waals surface area (Å²) in [7, 11) is 4.73. The number of nitrogens with one attached hydrogen (secondary N) is 1. The Kier molecular flexibility index (Phi) is 6.29. The first kappa shape index (κ1) is 17.6. The highest BCUT2D eigenvalue weighted by Crippen LogP contribution is 2.40. The van der Waals surface area contributed by atoms with E-state index in [1.165, 1.54) is 0 Å². The number of methoxy groups -OCH3 is 3. The molecule has 1 saturated heterocycles. The first-order valence-corrected chi connectivity index (χ1v) is 8.00. The number of piperidine rings is 1. The molecule has 1 heterocycles. The van der Waals surface area contributed by atoms with Gasteiger partial charge in [-0.05, 0) is 31.0 Å². The van der Waals surface area contributed by atoms with Crippen LogP contribution in [0.15, 0.2) is 12.1 Å². The lowest BCUT2D eigenvalue weighted by molar-refractivity contribution is 0.162. The van der Waals surface area contributed by atoms with Crippen LogP contribution in [-0.4, -0.2) is 56.1 Å². The van der Waals surface area contributed by atoms with Crippen LogP contribution < -0.4 is 19.5 Å². The minimum Gasteiger partial charge on any atom is -0.493 e. The Hall–Kier alpha value is -1.73. The molecule has 0 radical (unpaired) electrons. The zero-order chi connectivity index (χ0) is 16.8. The van der Waals surface area contributed by atoms with E-state index in [1.807, 2.05) is 12.1 Å². The number of hydrogen-bond donors (Lipinski definition) is 2. The molecule has 2 N–H and O–H groups in total. The molecule has 1 aromatic rings. The third-order valence-electron chi connectivity index (χ3n) is 3.98. The van der Waals surface area contributed by atoms with Gasteiger partial charge < -0.3 is 29.5 Å². The topological polar surface area (TPSA) is 63.2 Å². The van der Waals surface area contributed by atoms with E-state index in [4.69, 9.17) is 26.4 Å². The van der Waals surface area contributed by atoms with E-state index in [2.05, 4.69) is 10.2 Å². The van der Waals surface area contributed by atoms with Gasteiger partial charge in [-0.2, -0.15) is 0 Å². The summed E-state index contributed by atoms with van der Waals surface area (Å²) in [6.45, 7) is 1.86. The molecule has 1 aromatic carbocycles. The van der Waals surface area contributed by atoms with Crippen LogP contribution in [0, 0.1) is 5.92 Å². The second-order valence-corrected chi connectivity index (χ2v) is 5.87. The van der Waals surface area contributed by atoms with E-state index < -0.39 is 0 Å². The molecule has 0 aromatic heterocycles. The number of aliphatic hydroxyl groups is 1. The summed E-state index contributed by atoms with van der Waals surface area (Å²) in [5, 5.41) is 13.2. The van der Waals surface area contributed by atoms with Crippen LogP contribution in [0.2, 0.25) is 0 Å². The summed E-state index contributed by atoms with van der Waals surface area (Å²) in [5.74, 6) is 1.97. The first-order chi connectivity index (χ1) is 11.1.